The molecule has 0 aliphatic heterocycles. The quantitative estimate of drug-likeness (QED) is 0.888. The van der Waals surface area contributed by atoms with Crippen molar-refractivity contribution in [1.82, 2.24) is 4.98 Å². The molecule has 0 amide bonds. The van der Waals surface area contributed by atoms with E-state index >= 15 is 0 Å². The number of halogens is 1. The topological polar surface area (TPSA) is 57.4 Å². The van der Waals surface area contributed by atoms with Crippen molar-refractivity contribution in [2.45, 2.75) is 19.4 Å². The molecule has 0 bridgehead atoms. The largest absolute Gasteiger partial charge is 0.494 e. The van der Waals surface area contributed by atoms with Gasteiger partial charge >= 0.3 is 0 Å². The minimum atomic E-state index is -0.419. The zero-order valence-electron chi connectivity index (χ0n) is 12.2. The minimum absolute atomic E-state index is 0.175. The third kappa shape index (κ3) is 3.70. The van der Waals surface area contributed by atoms with Crippen molar-refractivity contribution < 1.29 is 13.9 Å². The van der Waals surface area contributed by atoms with Gasteiger partial charge in [0.1, 0.15) is 5.75 Å². The highest BCUT2D eigenvalue weighted by Gasteiger charge is 2.13. The van der Waals surface area contributed by atoms with Crippen LogP contribution in [-0.2, 0) is 0 Å². The molecule has 1 heterocycles. The van der Waals surface area contributed by atoms with Crippen LogP contribution in [0.15, 0.2) is 36.7 Å². The van der Waals surface area contributed by atoms with Gasteiger partial charge in [0, 0.05) is 6.20 Å². The predicted octanol–water partition coefficient (Wildman–Crippen LogP) is 3.07. The molecule has 112 valence electrons. The first-order chi connectivity index (χ1) is 10.2. The molecule has 0 aliphatic carbocycles. The summed E-state index contributed by atoms with van der Waals surface area (Å²) in [6, 6.07) is 6.01. The lowest BCUT2D eigenvalue weighted by Gasteiger charge is -2.15. The van der Waals surface area contributed by atoms with Gasteiger partial charge in [-0.2, -0.15) is 0 Å². The molecule has 0 fully saturated rings. The summed E-state index contributed by atoms with van der Waals surface area (Å²) in [5, 5.41) is 0. The van der Waals surface area contributed by atoms with Crippen LogP contribution in [0.1, 0.15) is 30.5 Å². The third-order valence-electron chi connectivity index (χ3n) is 3.10. The van der Waals surface area contributed by atoms with Crippen LogP contribution < -0.4 is 15.2 Å². The SMILES string of the molecule is CCCOc1cncc(C(N)c2ccc(F)c(OC)c2)c1. The number of pyridine rings is 1. The molecule has 1 atom stereocenters. The zero-order valence-corrected chi connectivity index (χ0v) is 12.2. The van der Waals surface area contributed by atoms with E-state index in [0.717, 1.165) is 17.5 Å². The summed E-state index contributed by atoms with van der Waals surface area (Å²) >= 11 is 0. The van der Waals surface area contributed by atoms with E-state index in [4.69, 9.17) is 15.2 Å². The molecule has 0 aliphatic rings. The van der Waals surface area contributed by atoms with Crippen molar-refractivity contribution in [3.05, 3.63) is 53.6 Å². The Balaban J connectivity index is 2.24. The normalized spacial score (nSPS) is 12.0. The van der Waals surface area contributed by atoms with Gasteiger partial charge in [0.05, 0.1) is 26.0 Å². The minimum Gasteiger partial charge on any atom is -0.494 e. The number of ether oxygens (including phenoxy) is 2. The summed E-state index contributed by atoms with van der Waals surface area (Å²) in [4.78, 5) is 4.13. The summed E-state index contributed by atoms with van der Waals surface area (Å²) < 4.78 is 24.0. The van der Waals surface area contributed by atoms with Gasteiger partial charge in [0.15, 0.2) is 11.6 Å². The van der Waals surface area contributed by atoms with E-state index in [1.807, 2.05) is 13.0 Å². The van der Waals surface area contributed by atoms with Crippen LogP contribution in [0.5, 0.6) is 11.5 Å². The van der Waals surface area contributed by atoms with Crippen LogP contribution in [0.25, 0.3) is 0 Å². The van der Waals surface area contributed by atoms with Crippen molar-refractivity contribution in [2.75, 3.05) is 13.7 Å². The molecule has 1 aromatic carbocycles. The average molecular weight is 290 g/mol. The van der Waals surface area contributed by atoms with Crippen molar-refractivity contribution in [1.29, 1.82) is 0 Å². The molecule has 0 radical (unpaired) electrons. The molecule has 0 spiro atoms. The van der Waals surface area contributed by atoms with Gasteiger partial charge in [-0.1, -0.05) is 13.0 Å². The molecule has 21 heavy (non-hydrogen) atoms. The molecule has 1 unspecified atom stereocenters. The Morgan fingerprint density at radius 1 is 1.24 bits per heavy atom. The molecule has 0 saturated carbocycles. The third-order valence-corrected chi connectivity index (χ3v) is 3.10. The van der Waals surface area contributed by atoms with Gasteiger partial charge in [0.25, 0.3) is 0 Å². The summed E-state index contributed by atoms with van der Waals surface area (Å²) in [6.45, 7) is 2.67. The van der Waals surface area contributed by atoms with E-state index in [2.05, 4.69) is 4.98 Å². The summed E-state index contributed by atoms with van der Waals surface area (Å²) in [7, 11) is 1.43. The van der Waals surface area contributed by atoms with Gasteiger partial charge in [0.2, 0.25) is 0 Å². The maximum atomic E-state index is 13.4. The van der Waals surface area contributed by atoms with Crippen LogP contribution >= 0.6 is 0 Å². The molecule has 2 N–H and O–H groups in total. The molecule has 2 rings (SSSR count). The first kappa shape index (κ1) is 15.3. The Kier molecular flexibility index (Phi) is 5.11. The number of benzene rings is 1. The molecular formula is C16H19FN2O2. The fourth-order valence-electron chi connectivity index (χ4n) is 1.97. The van der Waals surface area contributed by atoms with Crippen LogP contribution in [-0.4, -0.2) is 18.7 Å². The fourth-order valence-corrected chi connectivity index (χ4v) is 1.97. The van der Waals surface area contributed by atoms with E-state index in [1.54, 1.807) is 24.5 Å². The molecule has 2 aromatic rings. The average Bonchev–Trinajstić information content (AvgIpc) is 2.53. The van der Waals surface area contributed by atoms with Gasteiger partial charge in [-0.05, 0) is 35.7 Å². The molecule has 1 aromatic heterocycles. The van der Waals surface area contributed by atoms with E-state index < -0.39 is 11.9 Å². The molecule has 5 heteroatoms. The van der Waals surface area contributed by atoms with Gasteiger partial charge < -0.3 is 15.2 Å². The first-order valence-electron chi connectivity index (χ1n) is 6.82. The van der Waals surface area contributed by atoms with Crippen LogP contribution in [0.3, 0.4) is 0 Å². The lowest BCUT2D eigenvalue weighted by Crippen LogP contribution is -2.13. The van der Waals surface area contributed by atoms with E-state index in [1.165, 1.54) is 13.2 Å². The highest BCUT2D eigenvalue weighted by Crippen LogP contribution is 2.26. The lowest BCUT2D eigenvalue weighted by atomic mass is 10.0. The van der Waals surface area contributed by atoms with Crippen molar-refractivity contribution >= 4 is 0 Å². The predicted molar refractivity (Wildman–Crippen MR) is 79.0 cm³/mol. The number of nitrogens with zero attached hydrogens (tertiary/aromatic N) is 1. The molecule has 4 nitrogen and oxygen atoms in total. The maximum Gasteiger partial charge on any atom is 0.165 e. The molecule has 0 saturated heterocycles. The zero-order chi connectivity index (χ0) is 15.2. The Morgan fingerprint density at radius 3 is 2.76 bits per heavy atom. The second-order valence-corrected chi connectivity index (χ2v) is 4.67. The van der Waals surface area contributed by atoms with Crippen molar-refractivity contribution in [3.63, 3.8) is 0 Å². The second kappa shape index (κ2) is 7.04. The maximum absolute atomic E-state index is 13.4. The highest BCUT2D eigenvalue weighted by atomic mass is 19.1. The summed E-state index contributed by atoms with van der Waals surface area (Å²) in [5.41, 5.74) is 7.77. The number of hydrogen-bond donors (Lipinski definition) is 1. The van der Waals surface area contributed by atoms with Crippen molar-refractivity contribution in [3.8, 4) is 11.5 Å². The van der Waals surface area contributed by atoms with Gasteiger partial charge in [-0.3, -0.25) is 4.98 Å². The standard InChI is InChI=1S/C16H19FN2O2/c1-3-6-21-13-7-12(9-19-10-13)16(18)11-4-5-14(17)15(8-11)20-2/h4-5,7-10,16H,3,6,18H2,1-2H3. The number of aromatic nitrogens is 1. The van der Waals surface area contributed by atoms with E-state index in [9.17, 15) is 4.39 Å². The van der Waals surface area contributed by atoms with E-state index in [0.29, 0.717) is 12.4 Å². The molecular weight excluding hydrogens is 271 g/mol. The van der Waals surface area contributed by atoms with Crippen LogP contribution in [0.2, 0.25) is 0 Å². The Bertz CT molecular complexity index is 605. The number of nitrogens with two attached hydrogens (primary N) is 1. The Hall–Kier alpha value is -2.14. The van der Waals surface area contributed by atoms with Crippen LogP contribution in [0, 0.1) is 5.82 Å². The van der Waals surface area contributed by atoms with Gasteiger partial charge in [-0.25, -0.2) is 4.39 Å². The monoisotopic (exact) mass is 290 g/mol. The van der Waals surface area contributed by atoms with Gasteiger partial charge in [-0.15, -0.1) is 0 Å². The Morgan fingerprint density at radius 2 is 2.05 bits per heavy atom. The fraction of sp³-hybridized carbons (Fsp3) is 0.312. The van der Waals surface area contributed by atoms with Crippen LogP contribution in [0.4, 0.5) is 4.39 Å². The number of hydrogen-bond acceptors (Lipinski definition) is 4. The smallest absolute Gasteiger partial charge is 0.165 e. The Labute approximate surface area is 123 Å². The van der Waals surface area contributed by atoms with Crippen molar-refractivity contribution in [2.24, 2.45) is 5.73 Å². The lowest BCUT2D eigenvalue weighted by molar-refractivity contribution is 0.315. The van der Waals surface area contributed by atoms with E-state index in [-0.39, 0.29) is 5.75 Å². The number of methoxy groups -OCH3 is 1. The first-order valence-corrected chi connectivity index (χ1v) is 6.82. The summed E-state index contributed by atoms with van der Waals surface area (Å²) in [5.74, 6) is 0.444. The highest BCUT2D eigenvalue weighted by molar-refractivity contribution is 5.38. The second-order valence-electron chi connectivity index (χ2n) is 4.67. The number of rotatable bonds is 6. The summed E-state index contributed by atoms with van der Waals surface area (Å²) in [6.07, 6.45) is 4.25.